The Morgan fingerprint density at radius 1 is 1.21 bits per heavy atom. The van der Waals surface area contributed by atoms with Gasteiger partial charge in [0.05, 0.1) is 4.90 Å². The fraction of sp³-hybridized carbons (Fsp3) is 0.538. The lowest BCUT2D eigenvalue weighted by molar-refractivity contribution is 0.283. The third-order valence-electron chi connectivity index (χ3n) is 3.06. The maximum absolute atomic E-state index is 12.2. The fourth-order valence-electron chi connectivity index (χ4n) is 1.83. The van der Waals surface area contributed by atoms with Gasteiger partial charge in [0, 0.05) is 18.8 Å². The molecule has 0 bridgehead atoms. The molecule has 0 aliphatic rings. The fourth-order valence-corrected chi connectivity index (χ4v) is 3.25. The van der Waals surface area contributed by atoms with Crippen molar-refractivity contribution in [2.45, 2.75) is 38.0 Å². The van der Waals surface area contributed by atoms with Crippen molar-refractivity contribution >= 4 is 15.7 Å². The van der Waals surface area contributed by atoms with E-state index in [-0.39, 0.29) is 11.5 Å². The summed E-state index contributed by atoms with van der Waals surface area (Å²) in [5, 5.41) is 8.65. The summed E-state index contributed by atoms with van der Waals surface area (Å²) in [7, 11) is -3.52. The van der Waals surface area contributed by atoms with E-state index in [4.69, 9.17) is 10.8 Å². The van der Waals surface area contributed by atoms with Crippen molar-refractivity contribution in [3.63, 3.8) is 0 Å². The predicted molar refractivity (Wildman–Crippen MR) is 76.5 cm³/mol. The Bertz CT molecular complexity index is 527. The summed E-state index contributed by atoms with van der Waals surface area (Å²) >= 11 is 0. The number of benzene rings is 1. The monoisotopic (exact) mass is 286 g/mol. The maximum atomic E-state index is 12.2. The Labute approximate surface area is 114 Å². The van der Waals surface area contributed by atoms with Gasteiger partial charge in [-0.05, 0) is 56.4 Å². The summed E-state index contributed by atoms with van der Waals surface area (Å²) in [5.41, 5.74) is 7.73. The Morgan fingerprint density at radius 3 is 2.53 bits per heavy atom. The topological polar surface area (TPSA) is 92.4 Å². The Balaban J connectivity index is 2.78. The van der Waals surface area contributed by atoms with Crippen molar-refractivity contribution in [3.05, 3.63) is 23.3 Å². The van der Waals surface area contributed by atoms with E-state index in [0.29, 0.717) is 25.1 Å². The highest BCUT2D eigenvalue weighted by Gasteiger charge is 2.17. The van der Waals surface area contributed by atoms with E-state index in [0.717, 1.165) is 17.5 Å². The largest absolute Gasteiger partial charge is 0.399 e. The van der Waals surface area contributed by atoms with Gasteiger partial charge in [-0.2, -0.15) is 0 Å². The highest BCUT2D eigenvalue weighted by molar-refractivity contribution is 7.89. The lowest BCUT2D eigenvalue weighted by Crippen LogP contribution is -2.26. The number of nitrogen functional groups attached to an aromatic ring is 1. The van der Waals surface area contributed by atoms with Crippen molar-refractivity contribution in [2.75, 3.05) is 18.9 Å². The Hall–Kier alpha value is -1.11. The normalized spacial score (nSPS) is 11.7. The quantitative estimate of drug-likeness (QED) is 0.521. The zero-order valence-electron chi connectivity index (χ0n) is 11.4. The van der Waals surface area contributed by atoms with Gasteiger partial charge in [0.15, 0.2) is 0 Å². The summed E-state index contributed by atoms with van der Waals surface area (Å²) in [6, 6.07) is 3.24. The van der Waals surface area contributed by atoms with Crippen LogP contribution in [0.4, 0.5) is 5.69 Å². The van der Waals surface area contributed by atoms with Crippen LogP contribution in [-0.2, 0) is 10.0 Å². The second-order valence-electron chi connectivity index (χ2n) is 4.64. The van der Waals surface area contributed by atoms with Crippen LogP contribution >= 0.6 is 0 Å². The molecule has 0 atom stereocenters. The lowest BCUT2D eigenvalue weighted by atomic mass is 10.1. The van der Waals surface area contributed by atoms with E-state index in [1.165, 1.54) is 6.07 Å². The van der Waals surface area contributed by atoms with Gasteiger partial charge in [0.1, 0.15) is 0 Å². The number of nitrogens with two attached hydrogens (primary N) is 1. The minimum absolute atomic E-state index is 0.139. The molecule has 0 spiro atoms. The van der Waals surface area contributed by atoms with Crippen LogP contribution in [0.5, 0.6) is 0 Å². The molecule has 0 saturated carbocycles. The van der Waals surface area contributed by atoms with E-state index in [1.54, 1.807) is 13.0 Å². The second kappa shape index (κ2) is 6.88. The number of anilines is 1. The summed E-state index contributed by atoms with van der Waals surface area (Å²) in [6.07, 6.45) is 2.20. The van der Waals surface area contributed by atoms with Gasteiger partial charge in [-0.25, -0.2) is 13.1 Å². The SMILES string of the molecule is Cc1cc(N)cc(S(=O)(=O)NCCCCCO)c1C. The maximum Gasteiger partial charge on any atom is 0.240 e. The van der Waals surface area contributed by atoms with Crippen molar-refractivity contribution in [1.29, 1.82) is 0 Å². The Kier molecular flexibility index (Phi) is 5.78. The van der Waals surface area contributed by atoms with Crippen LogP contribution in [0, 0.1) is 13.8 Å². The molecule has 0 aromatic heterocycles. The molecule has 1 aromatic carbocycles. The first kappa shape index (κ1) is 15.9. The molecule has 6 heteroatoms. The summed E-state index contributed by atoms with van der Waals surface area (Å²) in [6.45, 7) is 4.12. The zero-order chi connectivity index (χ0) is 14.5. The zero-order valence-corrected chi connectivity index (χ0v) is 12.3. The second-order valence-corrected chi connectivity index (χ2v) is 6.38. The molecule has 5 nitrogen and oxygen atoms in total. The van der Waals surface area contributed by atoms with Gasteiger partial charge in [-0.1, -0.05) is 0 Å². The third kappa shape index (κ3) is 4.49. The predicted octanol–water partition coefficient (Wildman–Crippen LogP) is 1.33. The molecule has 0 amide bonds. The molecular weight excluding hydrogens is 264 g/mol. The number of hydrogen-bond donors (Lipinski definition) is 3. The van der Waals surface area contributed by atoms with E-state index in [9.17, 15) is 8.42 Å². The van der Waals surface area contributed by atoms with E-state index in [2.05, 4.69) is 4.72 Å². The average molecular weight is 286 g/mol. The molecule has 0 saturated heterocycles. The van der Waals surface area contributed by atoms with Crippen molar-refractivity contribution in [1.82, 2.24) is 4.72 Å². The van der Waals surface area contributed by atoms with Crippen molar-refractivity contribution in [3.8, 4) is 0 Å². The number of aliphatic hydroxyl groups is 1. The first-order chi connectivity index (χ1) is 8.88. The van der Waals surface area contributed by atoms with Gasteiger partial charge in [0.25, 0.3) is 0 Å². The van der Waals surface area contributed by atoms with Crippen LogP contribution in [0.2, 0.25) is 0 Å². The minimum atomic E-state index is -3.52. The van der Waals surface area contributed by atoms with Gasteiger partial charge in [0.2, 0.25) is 10.0 Å². The van der Waals surface area contributed by atoms with Crippen LogP contribution in [0.15, 0.2) is 17.0 Å². The lowest BCUT2D eigenvalue weighted by Gasteiger charge is -2.12. The third-order valence-corrected chi connectivity index (χ3v) is 4.65. The molecule has 108 valence electrons. The number of rotatable bonds is 7. The number of aliphatic hydroxyl groups excluding tert-OH is 1. The molecule has 0 aliphatic carbocycles. The number of nitrogens with one attached hydrogen (secondary N) is 1. The Morgan fingerprint density at radius 2 is 1.89 bits per heavy atom. The van der Waals surface area contributed by atoms with E-state index in [1.807, 2.05) is 6.92 Å². The molecule has 4 N–H and O–H groups in total. The molecule has 0 unspecified atom stereocenters. The van der Waals surface area contributed by atoms with Crippen LogP contribution in [0.3, 0.4) is 0 Å². The van der Waals surface area contributed by atoms with Crippen molar-refractivity contribution in [2.24, 2.45) is 0 Å². The highest BCUT2D eigenvalue weighted by Crippen LogP contribution is 2.22. The van der Waals surface area contributed by atoms with Crippen LogP contribution in [-0.4, -0.2) is 26.7 Å². The summed E-state index contributed by atoms with van der Waals surface area (Å²) < 4.78 is 26.9. The highest BCUT2D eigenvalue weighted by atomic mass is 32.2. The van der Waals surface area contributed by atoms with Crippen LogP contribution < -0.4 is 10.5 Å². The van der Waals surface area contributed by atoms with Gasteiger partial charge < -0.3 is 10.8 Å². The number of unbranched alkanes of at least 4 members (excludes halogenated alkanes) is 2. The minimum Gasteiger partial charge on any atom is -0.399 e. The molecule has 0 fully saturated rings. The van der Waals surface area contributed by atoms with Crippen LogP contribution in [0.25, 0.3) is 0 Å². The average Bonchev–Trinajstić information content (AvgIpc) is 2.33. The standard InChI is InChI=1S/C13H22N2O3S/c1-10-8-12(14)9-13(11(10)2)19(17,18)15-6-4-3-5-7-16/h8-9,15-16H,3-7,14H2,1-2H3. The molecule has 1 aromatic rings. The van der Waals surface area contributed by atoms with Gasteiger partial charge >= 0.3 is 0 Å². The van der Waals surface area contributed by atoms with E-state index >= 15 is 0 Å². The molecule has 1 rings (SSSR count). The summed E-state index contributed by atoms with van der Waals surface area (Å²) in [5.74, 6) is 0. The van der Waals surface area contributed by atoms with Crippen LogP contribution in [0.1, 0.15) is 30.4 Å². The molecule has 0 aliphatic heterocycles. The molecule has 0 heterocycles. The van der Waals surface area contributed by atoms with Gasteiger partial charge in [-0.15, -0.1) is 0 Å². The first-order valence-electron chi connectivity index (χ1n) is 6.35. The molecular formula is C13H22N2O3S. The first-order valence-corrected chi connectivity index (χ1v) is 7.84. The number of hydrogen-bond acceptors (Lipinski definition) is 4. The molecule has 0 radical (unpaired) electrons. The molecule has 19 heavy (non-hydrogen) atoms. The van der Waals surface area contributed by atoms with Gasteiger partial charge in [-0.3, -0.25) is 0 Å². The summed E-state index contributed by atoms with van der Waals surface area (Å²) in [4.78, 5) is 0.243. The van der Waals surface area contributed by atoms with Crippen molar-refractivity contribution < 1.29 is 13.5 Å². The number of aryl methyl sites for hydroxylation is 1. The smallest absolute Gasteiger partial charge is 0.240 e. The number of sulfonamides is 1. The van der Waals surface area contributed by atoms with E-state index < -0.39 is 10.0 Å².